The highest BCUT2D eigenvalue weighted by Gasteiger charge is 2.25. The van der Waals surface area contributed by atoms with Gasteiger partial charge in [0, 0.05) is 10.4 Å². The summed E-state index contributed by atoms with van der Waals surface area (Å²) in [5.74, 6) is -0.358. The molecule has 1 unspecified atom stereocenters. The van der Waals surface area contributed by atoms with Crippen LogP contribution in [0.2, 0.25) is 0 Å². The van der Waals surface area contributed by atoms with Gasteiger partial charge in [-0.05, 0) is 45.1 Å². The summed E-state index contributed by atoms with van der Waals surface area (Å²) in [5.41, 5.74) is 1.70. The quantitative estimate of drug-likeness (QED) is 0.590. The van der Waals surface area contributed by atoms with Gasteiger partial charge in [0.1, 0.15) is 17.0 Å². The third-order valence-electron chi connectivity index (χ3n) is 5.47. The van der Waals surface area contributed by atoms with Gasteiger partial charge in [0.15, 0.2) is 0 Å². The van der Waals surface area contributed by atoms with Crippen molar-refractivity contribution in [3.8, 4) is 11.1 Å². The number of ether oxygens (including phenoxy) is 1. The van der Waals surface area contributed by atoms with Crippen molar-refractivity contribution >= 4 is 27.5 Å². The van der Waals surface area contributed by atoms with Crippen molar-refractivity contribution in [3.05, 3.63) is 51.9 Å². The van der Waals surface area contributed by atoms with E-state index >= 15 is 0 Å². The van der Waals surface area contributed by atoms with Crippen LogP contribution in [0.15, 0.2) is 41.5 Å². The molecule has 4 rings (SSSR count). The predicted octanol–water partition coefficient (Wildman–Crippen LogP) is 4.87. The molecule has 6 heteroatoms. The number of esters is 1. The number of thiophene rings is 1. The minimum atomic E-state index is -0.699. The predicted molar refractivity (Wildman–Crippen MR) is 112 cm³/mol. The van der Waals surface area contributed by atoms with E-state index in [1.165, 1.54) is 28.7 Å². The van der Waals surface area contributed by atoms with E-state index in [0.29, 0.717) is 10.2 Å². The average molecular weight is 397 g/mol. The van der Waals surface area contributed by atoms with Gasteiger partial charge in [-0.1, -0.05) is 36.8 Å². The Morgan fingerprint density at radius 3 is 2.64 bits per heavy atom. The zero-order chi connectivity index (χ0) is 19.7. The van der Waals surface area contributed by atoms with Gasteiger partial charge in [-0.15, -0.1) is 11.3 Å². The van der Waals surface area contributed by atoms with E-state index in [-0.39, 0.29) is 17.6 Å². The third-order valence-corrected chi connectivity index (χ3v) is 6.48. The molecule has 2 aromatic heterocycles. The van der Waals surface area contributed by atoms with Gasteiger partial charge in [-0.2, -0.15) is 0 Å². The molecule has 5 nitrogen and oxygen atoms in total. The molecule has 0 spiro atoms. The second kappa shape index (κ2) is 7.87. The summed E-state index contributed by atoms with van der Waals surface area (Å²) >= 11 is 1.50. The van der Waals surface area contributed by atoms with Crippen LogP contribution < -0.4 is 5.56 Å². The summed E-state index contributed by atoms with van der Waals surface area (Å²) in [6.45, 7) is 3.71. The molecule has 0 bridgehead atoms. The van der Waals surface area contributed by atoms with Gasteiger partial charge in [0.25, 0.3) is 5.56 Å². The van der Waals surface area contributed by atoms with Crippen molar-refractivity contribution in [1.82, 2.24) is 9.55 Å². The molecule has 0 aliphatic heterocycles. The molecule has 1 atom stereocenters. The van der Waals surface area contributed by atoms with Crippen molar-refractivity contribution in [2.75, 3.05) is 0 Å². The Morgan fingerprint density at radius 2 is 1.93 bits per heavy atom. The topological polar surface area (TPSA) is 61.2 Å². The first-order valence-corrected chi connectivity index (χ1v) is 10.6. The van der Waals surface area contributed by atoms with E-state index in [2.05, 4.69) is 4.98 Å². The lowest BCUT2D eigenvalue weighted by Gasteiger charge is -2.24. The Balaban J connectivity index is 1.71. The van der Waals surface area contributed by atoms with Crippen LogP contribution in [0.5, 0.6) is 0 Å². The number of rotatable bonds is 4. The van der Waals surface area contributed by atoms with Gasteiger partial charge >= 0.3 is 5.97 Å². The van der Waals surface area contributed by atoms with Crippen LogP contribution in [-0.4, -0.2) is 21.6 Å². The maximum Gasteiger partial charge on any atom is 0.329 e. The molecule has 2 heterocycles. The van der Waals surface area contributed by atoms with Crippen LogP contribution in [-0.2, 0) is 9.53 Å². The smallest absolute Gasteiger partial charge is 0.329 e. The van der Waals surface area contributed by atoms with Crippen molar-refractivity contribution < 1.29 is 9.53 Å². The summed E-state index contributed by atoms with van der Waals surface area (Å²) in [5, 5.41) is 0.577. The van der Waals surface area contributed by atoms with Crippen molar-refractivity contribution in [2.24, 2.45) is 0 Å². The first kappa shape index (κ1) is 18.9. The number of carbonyl (C=O) groups excluding carboxylic acids is 1. The molecule has 1 aliphatic carbocycles. The Morgan fingerprint density at radius 1 is 1.21 bits per heavy atom. The number of fused-ring (bicyclic) bond motifs is 1. The van der Waals surface area contributed by atoms with Gasteiger partial charge in [0.05, 0.1) is 11.7 Å². The number of benzene rings is 1. The van der Waals surface area contributed by atoms with Crippen LogP contribution in [0, 0.1) is 6.92 Å². The Labute approximate surface area is 168 Å². The highest BCUT2D eigenvalue weighted by molar-refractivity contribution is 7.19. The maximum atomic E-state index is 13.3. The Bertz CT molecular complexity index is 1050. The highest BCUT2D eigenvalue weighted by Crippen LogP contribution is 2.35. The Kier molecular flexibility index (Phi) is 5.31. The summed E-state index contributed by atoms with van der Waals surface area (Å²) in [7, 11) is 0. The van der Waals surface area contributed by atoms with Crippen LogP contribution in [0.3, 0.4) is 0 Å². The first-order valence-electron chi connectivity index (χ1n) is 9.82. The van der Waals surface area contributed by atoms with Crippen molar-refractivity contribution in [1.29, 1.82) is 0 Å². The lowest BCUT2D eigenvalue weighted by atomic mass is 9.98. The van der Waals surface area contributed by atoms with Crippen LogP contribution >= 0.6 is 11.3 Å². The lowest BCUT2D eigenvalue weighted by Crippen LogP contribution is -2.32. The molecule has 0 radical (unpaired) electrons. The molecule has 3 aromatic rings. The van der Waals surface area contributed by atoms with Gasteiger partial charge in [-0.3, -0.25) is 9.36 Å². The minimum Gasteiger partial charge on any atom is -0.461 e. The number of hydrogen-bond acceptors (Lipinski definition) is 5. The molecule has 0 amide bonds. The fraction of sp³-hybridized carbons (Fsp3) is 0.409. The minimum absolute atomic E-state index is 0.0284. The second-order valence-electron chi connectivity index (χ2n) is 7.41. The zero-order valence-corrected chi connectivity index (χ0v) is 17.0. The van der Waals surface area contributed by atoms with Crippen LogP contribution in [0.25, 0.3) is 21.3 Å². The normalized spacial score (nSPS) is 16.2. The van der Waals surface area contributed by atoms with E-state index in [9.17, 15) is 9.59 Å². The second-order valence-corrected chi connectivity index (χ2v) is 8.61. The largest absolute Gasteiger partial charge is 0.461 e. The standard InChI is InChI=1S/C22H24N2O3S/c1-14(22(26)27-17-11-7-4-8-12-17)24-13-23-20-19(21(24)25)18(15(2)28-20)16-9-5-3-6-10-16/h3,5-6,9-10,13-14,17H,4,7-8,11-12H2,1-2H3. The molecule has 146 valence electrons. The summed E-state index contributed by atoms with van der Waals surface area (Å²) < 4.78 is 7.08. The van der Waals surface area contributed by atoms with E-state index < -0.39 is 6.04 Å². The number of aromatic nitrogens is 2. The molecule has 1 fully saturated rings. The fourth-order valence-electron chi connectivity index (χ4n) is 3.90. The highest BCUT2D eigenvalue weighted by atomic mass is 32.1. The number of nitrogens with zero attached hydrogens (tertiary/aromatic N) is 2. The molecule has 28 heavy (non-hydrogen) atoms. The SMILES string of the molecule is Cc1sc2ncn(C(C)C(=O)OC3CCCCC3)c(=O)c2c1-c1ccccc1. The van der Waals surface area contributed by atoms with E-state index in [0.717, 1.165) is 41.7 Å². The molecule has 0 N–H and O–H groups in total. The number of aryl methyl sites for hydroxylation is 1. The van der Waals surface area contributed by atoms with Gasteiger partial charge < -0.3 is 4.74 Å². The van der Waals surface area contributed by atoms with E-state index in [4.69, 9.17) is 4.74 Å². The molecule has 0 saturated heterocycles. The van der Waals surface area contributed by atoms with Crippen molar-refractivity contribution in [2.45, 2.75) is 58.1 Å². The number of hydrogen-bond donors (Lipinski definition) is 0. The summed E-state index contributed by atoms with van der Waals surface area (Å²) in [4.78, 5) is 32.2. The molecule has 1 aliphatic rings. The maximum absolute atomic E-state index is 13.3. The van der Waals surface area contributed by atoms with Gasteiger partial charge in [-0.25, -0.2) is 9.78 Å². The molecular formula is C22H24N2O3S. The Hall–Kier alpha value is -2.47. The van der Waals surface area contributed by atoms with Crippen molar-refractivity contribution in [3.63, 3.8) is 0 Å². The third kappa shape index (κ3) is 3.49. The molecular weight excluding hydrogens is 372 g/mol. The average Bonchev–Trinajstić information content (AvgIpc) is 3.06. The number of carbonyl (C=O) groups is 1. The first-order chi connectivity index (χ1) is 13.6. The van der Waals surface area contributed by atoms with Crippen LogP contribution in [0.4, 0.5) is 0 Å². The molecule has 1 aromatic carbocycles. The van der Waals surface area contributed by atoms with E-state index in [1.54, 1.807) is 6.92 Å². The summed E-state index contributed by atoms with van der Waals surface area (Å²) in [6.07, 6.45) is 6.65. The van der Waals surface area contributed by atoms with Crippen LogP contribution in [0.1, 0.15) is 49.9 Å². The van der Waals surface area contributed by atoms with Gasteiger partial charge in [0.2, 0.25) is 0 Å². The zero-order valence-electron chi connectivity index (χ0n) is 16.2. The molecule has 1 saturated carbocycles. The van der Waals surface area contributed by atoms with E-state index in [1.807, 2.05) is 37.3 Å². The summed E-state index contributed by atoms with van der Waals surface area (Å²) in [6, 6.07) is 9.15. The monoisotopic (exact) mass is 396 g/mol. The lowest BCUT2D eigenvalue weighted by molar-refractivity contribution is -0.154. The fourth-order valence-corrected chi connectivity index (χ4v) is 4.91.